The second-order valence-corrected chi connectivity index (χ2v) is 7.43. The number of carbonyl (C=O) groups excluding carboxylic acids is 2. The number of nitrogens with zero attached hydrogens (tertiary/aromatic N) is 2. The number of rotatable bonds is 7. The highest BCUT2D eigenvalue weighted by Gasteiger charge is 2.29. The van der Waals surface area contributed by atoms with E-state index in [1.807, 2.05) is 58.2 Å². The molecule has 6 nitrogen and oxygen atoms in total. The summed E-state index contributed by atoms with van der Waals surface area (Å²) in [6, 6.07) is 5.60. The van der Waals surface area contributed by atoms with Gasteiger partial charge in [-0.1, -0.05) is 0 Å². The van der Waals surface area contributed by atoms with E-state index in [1.165, 1.54) is 0 Å². The first-order valence-electron chi connectivity index (χ1n) is 9.35. The third kappa shape index (κ3) is 4.62. The zero-order valence-corrected chi connectivity index (χ0v) is 17.3. The van der Waals surface area contributed by atoms with Gasteiger partial charge in [0.2, 0.25) is 0 Å². The van der Waals surface area contributed by atoms with Gasteiger partial charge in [-0.3, -0.25) is 4.79 Å². The Kier molecular flexibility index (Phi) is 6.52. The first-order valence-corrected chi connectivity index (χ1v) is 9.35. The van der Waals surface area contributed by atoms with E-state index in [2.05, 4.69) is 0 Å². The molecule has 0 saturated carbocycles. The Hall–Kier alpha value is -2.50. The predicted octanol–water partition coefficient (Wildman–Crippen LogP) is 3.94. The van der Waals surface area contributed by atoms with Crippen molar-refractivity contribution in [2.45, 2.75) is 73.2 Å². The lowest BCUT2D eigenvalue weighted by Gasteiger charge is -2.32. The van der Waals surface area contributed by atoms with Crippen LogP contribution in [0.4, 0.5) is 0 Å². The topological polar surface area (TPSA) is 64.7 Å². The molecule has 2 aromatic rings. The van der Waals surface area contributed by atoms with E-state index >= 15 is 0 Å². The summed E-state index contributed by atoms with van der Waals surface area (Å²) in [6.45, 7) is 13.8. The fraction of sp³-hybridized carbons (Fsp3) is 0.524. The number of aromatic nitrogens is 1. The highest BCUT2D eigenvalue weighted by molar-refractivity contribution is 5.93. The molecule has 0 unspecified atom stereocenters. The molecule has 1 atom stereocenters. The second kappa shape index (κ2) is 8.46. The smallest absolute Gasteiger partial charge is 0.340 e. The lowest BCUT2D eigenvalue weighted by atomic mass is 10.2. The van der Waals surface area contributed by atoms with Crippen LogP contribution in [-0.2, 0) is 16.1 Å². The molecule has 2 heterocycles. The van der Waals surface area contributed by atoms with E-state index in [1.54, 1.807) is 24.2 Å². The average Bonchev–Trinajstić information content (AvgIpc) is 3.17. The van der Waals surface area contributed by atoms with Crippen molar-refractivity contribution in [2.24, 2.45) is 0 Å². The molecule has 0 aliphatic heterocycles. The molecule has 0 aliphatic carbocycles. The maximum atomic E-state index is 12.7. The number of hydrogen-bond acceptors (Lipinski definition) is 4. The third-order valence-electron chi connectivity index (χ3n) is 4.69. The highest BCUT2D eigenvalue weighted by atomic mass is 16.5. The van der Waals surface area contributed by atoms with Gasteiger partial charge in [-0.15, -0.1) is 0 Å². The second-order valence-electron chi connectivity index (χ2n) is 7.43. The summed E-state index contributed by atoms with van der Waals surface area (Å²) in [5, 5.41) is 0. The van der Waals surface area contributed by atoms with Gasteiger partial charge in [-0.05, 0) is 66.7 Å². The number of aryl methyl sites for hydroxylation is 1. The van der Waals surface area contributed by atoms with E-state index in [9.17, 15) is 9.59 Å². The number of amides is 1. The van der Waals surface area contributed by atoms with Gasteiger partial charge < -0.3 is 18.6 Å². The van der Waals surface area contributed by atoms with Crippen molar-refractivity contribution < 1.29 is 18.7 Å². The predicted molar refractivity (Wildman–Crippen MR) is 104 cm³/mol. The van der Waals surface area contributed by atoms with Crippen molar-refractivity contribution in [3.05, 3.63) is 47.2 Å². The van der Waals surface area contributed by atoms with Crippen LogP contribution in [0, 0.1) is 13.8 Å². The monoisotopic (exact) mass is 374 g/mol. The molecular formula is C21H30N2O4. The van der Waals surface area contributed by atoms with Gasteiger partial charge in [0.15, 0.2) is 6.10 Å². The maximum absolute atomic E-state index is 12.7. The van der Waals surface area contributed by atoms with Crippen molar-refractivity contribution in [1.29, 1.82) is 0 Å². The normalized spacial score (nSPS) is 12.5. The molecule has 1 amide bonds. The summed E-state index contributed by atoms with van der Waals surface area (Å²) >= 11 is 0. The van der Waals surface area contributed by atoms with Crippen molar-refractivity contribution in [3.8, 4) is 0 Å². The fourth-order valence-corrected chi connectivity index (χ4v) is 3.40. The number of carbonyl (C=O) groups is 2. The number of ether oxygens (including phenoxy) is 1. The van der Waals surface area contributed by atoms with Crippen LogP contribution in [0.1, 0.15) is 62.1 Å². The van der Waals surface area contributed by atoms with Gasteiger partial charge in [0.25, 0.3) is 5.91 Å². The Bertz CT molecular complexity index is 779. The molecule has 0 aliphatic rings. The van der Waals surface area contributed by atoms with Crippen LogP contribution in [0.25, 0.3) is 0 Å². The molecule has 0 bridgehead atoms. The van der Waals surface area contributed by atoms with Crippen molar-refractivity contribution in [2.75, 3.05) is 0 Å². The van der Waals surface area contributed by atoms with E-state index in [0.717, 1.165) is 17.1 Å². The van der Waals surface area contributed by atoms with Crippen LogP contribution in [0.5, 0.6) is 0 Å². The van der Waals surface area contributed by atoms with Crippen LogP contribution < -0.4 is 0 Å². The zero-order valence-electron chi connectivity index (χ0n) is 17.3. The van der Waals surface area contributed by atoms with Crippen LogP contribution in [0.3, 0.4) is 0 Å². The van der Waals surface area contributed by atoms with E-state index in [0.29, 0.717) is 12.1 Å². The van der Waals surface area contributed by atoms with Gasteiger partial charge in [0.05, 0.1) is 18.4 Å². The van der Waals surface area contributed by atoms with Crippen molar-refractivity contribution in [3.63, 3.8) is 0 Å². The summed E-state index contributed by atoms with van der Waals surface area (Å²) < 4.78 is 12.9. The van der Waals surface area contributed by atoms with E-state index < -0.39 is 12.1 Å². The average molecular weight is 374 g/mol. The molecule has 0 N–H and O–H groups in total. The van der Waals surface area contributed by atoms with Gasteiger partial charge in [-0.25, -0.2) is 4.79 Å². The minimum absolute atomic E-state index is 0.0389. The van der Waals surface area contributed by atoms with E-state index in [4.69, 9.17) is 9.15 Å². The van der Waals surface area contributed by atoms with Gasteiger partial charge in [0, 0.05) is 23.5 Å². The first kappa shape index (κ1) is 20.8. The van der Waals surface area contributed by atoms with Crippen molar-refractivity contribution in [1.82, 2.24) is 9.47 Å². The summed E-state index contributed by atoms with van der Waals surface area (Å²) in [7, 11) is 0. The minimum Gasteiger partial charge on any atom is -0.467 e. The largest absolute Gasteiger partial charge is 0.467 e. The Morgan fingerprint density at radius 2 is 1.78 bits per heavy atom. The molecule has 0 radical (unpaired) electrons. The molecule has 0 aromatic carbocycles. The molecule has 0 fully saturated rings. The van der Waals surface area contributed by atoms with Crippen LogP contribution in [0.2, 0.25) is 0 Å². The maximum Gasteiger partial charge on any atom is 0.340 e. The molecule has 2 rings (SSSR count). The summed E-state index contributed by atoms with van der Waals surface area (Å²) in [5.74, 6) is 0.143. The van der Waals surface area contributed by atoms with Crippen LogP contribution in [0.15, 0.2) is 28.9 Å². The van der Waals surface area contributed by atoms with Crippen molar-refractivity contribution >= 4 is 11.9 Å². The Balaban J connectivity index is 2.15. The highest BCUT2D eigenvalue weighted by Crippen LogP contribution is 2.19. The molecular weight excluding hydrogens is 344 g/mol. The quantitative estimate of drug-likeness (QED) is 0.689. The number of furan rings is 1. The fourth-order valence-electron chi connectivity index (χ4n) is 3.40. The lowest BCUT2D eigenvalue weighted by Crippen LogP contribution is -2.47. The standard InChI is InChI=1S/C21H30N2O4/c1-13(2)23(14(3)4)20(24)17(7)27-21(25)19-11-15(5)22(16(19)6)12-18-9-8-10-26-18/h8-11,13-14,17H,12H2,1-7H3/t17-/m0/s1. The molecule has 148 valence electrons. The van der Waals surface area contributed by atoms with Crippen LogP contribution in [-0.4, -0.2) is 39.5 Å². The van der Waals surface area contributed by atoms with Gasteiger partial charge in [-0.2, -0.15) is 0 Å². The molecule has 2 aromatic heterocycles. The minimum atomic E-state index is -0.838. The Morgan fingerprint density at radius 1 is 1.15 bits per heavy atom. The molecule has 0 saturated heterocycles. The summed E-state index contributed by atoms with van der Waals surface area (Å²) in [6.07, 6.45) is 0.789. The number of hydrogen-bond donors (Lipinski definition) is 0. The first-order chi connectivity index (χ1) is 12.6. The third-order valence-corrected chi connectivity index (χ3v) is 4.69. The van der Waals surface area contributed by atoms with Gasteiger partial charge >= 0.3 is 5.97 Å². The molecule has 0 spiro atoms. The van der Waals surface area contributed by atoms with Gasteiger partial charge in [0.1, 0.15) is 5.76 Å². The SMILES string of the molecule is Cc1cc(C(=O)O[C@@H](C)C(=O)N(C(C)C)C(C)C)c(C)n1Cc1ccco1. The van der Waals surface area contributed by atoms with E-state index in [-0.39, 0.29) is 18.0 Å². The van der Waals surface area contributed by atoms with Crippen LogP contribution >= 0.6 is 0 Å². The molecule has 27 heavy (non-hydrogen) atoms. The molecule has 6 heteroatoms. The summed E-state index contributed by atoms with van der Waals surface area (Å²) in [5.41, 5.74) is 2.19. The Morgan fingerprint density at radius 3 is 2.30 bits per heavy atom. The lowest BCUT2D eigenvalue weighted by molar-refractivity contribution is -0.143. The Labute approximate surface area is 161 Å². The number of esters is 1. The zero-order chi connectivity index (χ0) is 20.3. The summed E-state index contributed by atoms with van der Waals surface area (Å²) in [4.78, 5) is 27.1.